The lowest BCUT2D eigenvalue weighted by atomic mass is 9.77. The molecule has 3 aliphatic carbocycles. The molecule has 0 bridgehead atoms. The van der Waals surface area contributed by atoms with Crippen LogP contribution in [-0.2, 0) is 32.5 Å². The molecule has 0 aliphatic heterocycles. The molecule has 9 nitrogen and oxygen atoms in total. The maximum absolute atomic E-state index is 13.2. The summed E-state index contributed by atoms with van der Waals surface area (Å²) in [5, 5.41) is 12.9. The summed E-state index contributed by atoms with van der Waals surface area (Å²) in [7, 11) is 1.70. The SMILES string of the molecule is COCC(C)(C)COC1CCC(NC(=O)C2CC(OSOOC3CCC(C)CC3)CCC2C(=O)O)CC1. The van der Waals surface area contributed by atoms with Crippen molar-refractivity contribution in [3.63, 3.8) is 0 Å². The Hall–Kier alpha value is -0.910. The number of carbonyl (C=O) groups excluding carboxylic acids is 1. The van der Waals surface area contributed by atoms with Crippen molar-refractivity contribution in [3.05, 3.63) is 0 Å². The second-order valence-corrected chi connectivity index (χ2v) is 12.6. The van der Waals surface area contributed by atoms with Gasteiger partial charge in [0.15, 0.2) is 12.3 Å². The Balaban J connectivity index is 1.39. The summed E-state index contributed by atoms with van der Waals surface area (Å²) in [6.45, 7) is 7.78. The third-order valence-electron chi connectivity index (χ3n) is 8.06. The van der Waals surface area contributed by atoms with Crippen molar-refractivity contribution in [3.8, 4) is 0 Å². The number of hydrogen-bond donors (Lipinski definition) is 2. The van der Waals surface area contributed by atoms with E-state index in [1.54, 1.807) is 7.11 Å². The summed E-state index contributed by atoms with van der Waals surface area (Å²) in [5.74, 6) is -1.70. The Labute approximate surface area is 226 Å². The topological polar surface area (TPSA) is 113 Å². The smallest absolute Gasteiger partial charge is 0.307 e. The number of carboxylic acids is 1. The van der Waals surface area contributed by atoms with E-state index in [2.05, 4.69) is 26.1 Å². The molecule has 0 aromatic heterocycles. The lowest BCUT2D eigenvalue weighted by molar-refractivity contribution is -0.244. The first-order valence-electron chi connectivity index (χ1n) is 14.0. The molecule has 3 aliphatic rings. The van der Waals surface area contributed by atoms with Crippen LogP contribution < -0.4 is 5.32 Å². The van der Waals surface area contributed by atoms with E-state index in [-0.39, 0.29) is 35.7 Å². The Bertz CT molecular complexity index is 707. The zero-order valence-electron chi connectivity index (χ0n) is 22.9. The fourth-order valence-electron chi connectivity index (χ4n) is 5.73. The summed E-state index contributed by atoms with van der Waals surface area (Å²) < 4.78 is 22.3. The molecule has 37 heavy (non-hydrogen) atoms. The largest absolute Gasteiger partial charge is 0.481 e. The highest BCUT2D eigenvalue weighted by molar-refractivity contribution is 7.89. The van der Waals surface area contributed by atoms with E-state index in [4.69, 9.17) is 22.9 Å². The van der Waals surface area contributed by atoms with Crippen molar-refractivity contribution >= 4 is 24.2 Å². The van der Waals surface area contributed by atoms with Crippen LogP contribution in [0.4, 0.5) is 0 Å². The number of rotatable bonds is 13. The third kappa shape index (κ3) is 10.3. The second kappa shape index (κ2) is 15.0. The molecule has 0 radical (unpaired) electrons. The molecule has 3 rings (SSSR count). The third-order valence-corrected chi connectivity index (χ3v) is 8.55. The van der Waals surface area contributed by atoms with Crippen LogP contribution in [0.1, 0.15) is 91.4 Å². The number of nitrogens with one attached hydrogen (secondary N) is 1. The Kier molecular flexibility index (Phi) is 12.4. The van der Waals surface area contributed by atoms with Gasteiger partial charge in [0.25, 0.3) is 0 Å². The zero-order chi connectivity index (χ0) is 26.8. The number of amides is 1. The maximum atomic E-state index is 13.2. The number of methoxy groups -OCH3 is 1. The molecule has 0 saturated heterocycles. The average Bonchev–Trinajstić information content (AvgIpc) is 2.87. The molecule has 3 saturated carbocycles. The molecule has 0 heterocycles. The van der Waals surface area contributed by atoms with Crippen molar-refractivity contribution in [1.82, 2.24) is 5.32 Å². The van der Waals surface area contributed by atoms with Gasteiger partial charge in [0.1, 0.15) is 0 Å². The second-order valence-electron chi connectivity index (χ2n) is 12.1. The van der Waals surface area contributed by atoms with Gasteiger partial charge in [-0.15, -0.1) is 4.33 Å². The number of carbonyl (C=O) groups is 2. The van der Waals surface area contributed by atoms with Crippen LogP contribution in [0.3, 0.4) is 0 Å². The van der Waals surface area contributed by atoms with Crippen LogP contribution in [0.5, 0.6) is 0 Å². The van der Waals surface area contributed by atoms with Crippen LogP contribution >= 0.6 is 12.3 Å². The number of carboxylic acid groups (broad SMARTS) is 1. The van der Waals surface area contributed by atoms with E-state index >= 15 is 0 Å². The highest BCUT2D eigenvalue weighted by Gasteiger charge is 2.41. The van der Waals surface area contributed by atoms with E-state index in [1.165, 1.54) is 0 Å². The number of aliphatic carboxylic acids is 1. The van der Waals surface area contributed by atoms with Gasteiger partial charge in [-0.1, -0.05) is 20.8 Å². The van der Waals surface area contributed by atoms with Gasteiger partial charge < -0.3 is 19.9 Å². The summed E-state index contributed by atoms with van der Waals surface area (Å²) in [6, 6.07) is 0.0411. The predicted molar refractivity (Wildman–Crippen MR) is 140 cm³/mol. The fourth-order valence-corrected chi connectivity index (χ4v) is 6.19. The molecular formula is C27H47NO8S. The maximum Gasteiger partial charge on any atom is 0.307 e. The van der Waals surface area contributed by atoms with Crippen LogP contribution in [0.25, 0.3) is 0 Å². The highest BCUT2D eigenvalue weighted by atomic mass is 32.2. The molecule has 214 valence electrons. The lowest BCUT2D eigenvalue weighted by Gasteiger charge is -2.35. The van der Waals surface area contributed by atoms with Gasteiger partial charge in [-0.3, -0.25) is 13.8 Å². The summed E-state index contributed by atoms with van der Waals surface area (Å²) in [5.41, 5.74) is -0.0325. The molecule has 1 amide bonds. The van der Waals surface area contributed by atoms with E-state index in [0.717, 1.165) is 69.6 Å². The van der Waals surface area contributed by atoms with E-state index < -0.39 is 17.8 Å². The first kappa shape index (κ1) is 30.6. The molecule has 3 unspecified atom stereocenters. The van der Waals surface area contributed by atoms with E-state index in [9.17, 15) is 14.7 Å². The molecule has 0 aromatic carbocycles. The molecule has 3 atom stereocenters. The Morgan fingerprint density at radius 3 is 2.19 bits per heavy atom. The number of hydrogen-bond acceptors (Lipinski definition) is 8. The van der Waals surface area contributed by atoms with Gasteiger partial charge >= 0.3 is 5.97 Å². The summed E-state index contributed by atoms with van der Waals surface area (Å²) in [6.07, 6.45) is 8.97. The molecule has 10 heteroatoms. The van der Waals surface area contributed by atoms with Gasteiger partial charge in [-0.2, -0.15) is 0 Å². The van der Waals surface area contributed by atoms with Crippen molar-refractivity contribution in [2.45, 2.75) is 116 Å². The van der Waals surface area contributed by atoms with Crippen LogP contribution in [-0.4, -0.2) is 61.7 Å². The van der Waals surface area contributed by atoms with E-state index in [1.807, 2.05) is 0 Å². The van der Waals surface area contributed by atoms with Crippen LogP contribution in [0, 0.1) is 23.2 Å². The van der Waals surface area contributed by atoms with Gasteiger partial charge in [0.05, 0.1) is 43.4 Å². The minimum Gasteiger partial charge on any atom is -0.481 e. The molecular weight excluding hydrogens is 498 g/mol. The number of ether oxygens (including phenoxy) is 2. The van der Waals surface area contributed by atoms with Crippen molar-refractivity contribution in [1.29, 1.82) is 0 Å². The first-order chi connectivity index (χ1) is 17.7. The van der Waals surface area contributed by atoms with Gasteiger partial charge in [0.2, 0.25) is 5.91 Å². The van der Waals surface area contributed by atoms with E-state index in [0.29, 0.717) is 32.5 Å². The summed E-state index contributed by atoms with van der Waals surface area (Å²) in [4.78, 5) is 30.5. The standard InChI is InChI=1S/C27H47NO8S/c1-18-5-9-21(10-6-18)34-36-37-35-22-13-14-23(26(30)31)24(15-22)25(29)28-19-7-11-20(12-8-19)33-17-27(2,3)16-32-4/h18-24H,5-17H2,1-4H3,(H,28,29)(H,30,31). The molecule has 3 fully saturated rings. The van der Waals surface area contributed by atoms with Gasteiger partial charge in [-0.25, -0.2) is 4.89 Å². The lowest BCUT2D eigenvalue weighted by Crippen LogP contribution is -2.47. The normalized spacial score (nSPS) is 33.1. The van der Waals surface area contributed by atoms with Crippen molar-refractivity contribution in [2.75, 3.05) is 20.3 Å². The quantitative estimate of drug-likeness (QED) is 0.142. The van der Waals surface area contributed by atoms with Crippen LogP contribution in [0.15, 0.2) is 0 Å². The predicted octanol–water partition coefficient (Wildman–Crippen LogP) is 5.08. The van der Waals surface area contributed by atoms with Gasteiger partial charge in [0, 0.05) is 18.6 Å². The Morgan fingerprint density at radius 2 is 1.54 bits per heavy atom. The van der Waals surface area contributed by atoms with Crippen molar-refractivity contribution < 1.29 is 37.6 Å². The summed E-state index contributed by atoms with van der Waals surface area (Å²) >= 11 is 0.800. The van der Waals surface area contributed by atoms with Crippen molar-refractivity contribution in [2.24, 2.45) is 23.2 Å². The van der Waals surface area contributed by atoms with Crippen LogP contribution in [0.2, 0.25) is 0 Å². The fraction of sp³-hybridized carbons (Fsp3) is 0.926. The molecule has 2 N–H and O–H groups in total. The zero-order valence-corrected chi connectivity index (χ0v) is 23.8. The molecule has 0 aromatic rings. The average molecular weight is 546 g/mol. The monoisotopic (exact) mass is 545 g/mol. The minimum absolute atomic E-state index is 0.0325. The first-order valence-corrected chi connectivity index (χ1v) is 14.6. The minimum atomic E-state index is -0.923. The molecule has 0 spiro atoms. The highest BCUT2D eigenvalue weighted by Crippen LogP contribution is 2.35. The van der Waals surface area contributed by atoms with Gasteiger partial charge in [-0.05, 0) is 76.5 Å². The Morgan fingerprint density at radius 1 is 0.892 bits per heavy atom.